The van der Waals surface area contributed by atoms with E-state index < -0.39 is 40.4 Å². The van der Waals surface area contributed by atoms with E-state index in [9.17, 15) is 22.8 Å². The highest BCUT2D eigenvalue weighted by atomic mass is 35.5. The first kappa shape index (κ1) is 23.5. The van der Waals surface area contributed by atoms with Crippen LogP contribution in [0.15, 0.2) is 36.4 Å². The van der Waals surface area contributed by atoms with Gasteiger partial charge in [-0.3, -0.25) is 9.59 Å². The normalized spacial score (nSPS) is 19.0. The van der Waals surface area contributed by atoms with Crippen molar-refractivity contribution < 1.29 is 27.5 Å². The maximum Gasteiger partial charge on any atom is 0.417 e. The molecule has 7 heteroatoms. The summed E-state index contributed by atoms with van der Waals surface area (Å²) in [5.41, 5.74) is -1.94. The molecule has 2 aromatic carbocycles. The van der Waals surface area contributed by atoms with E-state index in [0.717, 1.165) is 11.6 Å². The van der Waals surface area contributed by atoms with Gasteiger partial charge in [-0.2, -0.15) is 13.2 Å². The van der Waals surface area contributed by atoms with Gasteiger partial charge < -0.3 is 4.74 Å². The van der Waals surface area contributed by atoms with E-state index in [4.69, 9.17) is 16.3 Å². The molecule has 31 heavy (non-hydrogen) atoms. The molecule has 2 aromatic rings. The number of carbonyl (C=O) groups excluding carboxylic acids is 2. The van der Waals surface area contributed by atoms with Crippen LogP contribution in [0.2, 0.25) is 5.02 Å². The largest absolute Gasteiger partial charge is 0.417 e. The van der Waals surface area contributed by atoms with Crippen LogP contribution in [0, 0.1) is 0 Å². The summed E-state index contributed by atoms with van der Waals surface area (Å²) in [6, 6.07) is 8.34. The van der Waals surface area contributed by atoms with E-state index in [-0.39, 0.29) is 16.1 Å². The van der Waals surface area contributed by atoms with E-state index in [1.807, 2.05) is 6.92 Å². The van der Waals surface area contributed by atoms with Crippen molar-refractivity contribution in [1.82, 2.24) is 0 Å². The summed E-state index contributed by atoms with van der Waals surface area (Å²) in [6.45, 7) is 8.28. The standard InChI is InChI=1S/C24H24ClF3O3/c1-6-13-7-8-14(16-10-9-15(25)12-18(16)24(26,27)28)11-17(13)19-20(29)22(2,3)31-23(4,5)21(19)30/h7-12,19H,6H2,1-5H3. The Morgan fingerprint density at radius 3 is 2.06 bits per heavy atom. The summed E-state index contributed by atoms with van der Waals surface area (Å²) in [4.78, 5) is 26.4. The van der Waals surface area contributed by atoms with Gasteiger partial charge in [0, 0.05) is 5.02 Å². The van der Waals surface area contributed by atoms with Crippen LogP contribution in [0.25, 0.3) is 11.1 Å². The van der Waals surface area contributed by atoms with Crippen LogP contribution in [0.5, 0.6) is 0 Å². The lowest BCUT2D eigenvalue weighted by atomic mass is 9.73. The number of Topliss-reactive ketones (excluding diaryl/α,β-unsaturated/α-hetero) is 2. The Balaban J connectivity index is 2.24. The lowest BCUT2D eigenvalue weighted by molar-refractivity contribution is -0.184. The minimum Gasteiger partial charge on any atom is -0.354 e. The lowest BCUT2D eigenvalue weighted by Crippen LogP contribution is -2.58. The van der Waals surface area contributed by atoms with Gasteiger partial charge in [0.2, 0.25) is 0 Å². The molecule has 0 radical (unpaired) electrons. The molecule has 0 atom stereocenters. The lowest BCUT2D eigenvalue weighted by Gasteiger charge is -2.43. The molecule has 1 fully saturated rings. The summed E-state index contributed by atoms with van der Waals surface area (Å²) in [7, 11) is 0. The van der Waals surface area contributed by atoms with Crippen molar-refractivity contribution in [3.63, 3.8) is 0 Å². The van der Waals surface area contributed by atoms with Gasteiger partial charge in [0.1, 0.15) is 17.1 Å². The van der Waals surface area contributed by atoms with Crippen LogP contribution in [-0.4, -0.2) is 22.8 Å². The molecule has 0 N–H and O–H groups in total. The van der Waals surface area contributed by atoms with Gasteiger partial charge in [-0.1, -0.05) is 36.7 Å². The predicted molar refractivity (Wildman–Crippen MR) is 113 cm³/mol. The number of hydrogen-bond donors (Lipinski definition) is 0. The highest BCUT2D eigenvalue weighted by Crippen LogP contribution is 2.43. The summed E-state index contributed by atoms with van der Waals surface area (Å²) in [6.07, 6.45) is -4.10. The predicted octanol–water partition coefficient (Wildman–Crippen LogP) is 6.40. The van der Waals surface area contributed by atoms with Crippen LogP contribution in [0.3, 0.4) is 0 Å². The van der Waals surface area contributed by atoms with Gasteiger partial charge in [-0.15, -0.1) is 0 Å². The van der Waals surface area contributed by atoms with Gasteiger partial charge >= 0.3 is 6.18 Å². The van der Waals surface area contributed by atoms with Crippen LogP contribution in [0.1, 0.15) is 57.2 Å². The van der Waals surface area contributed by atoms with Crippen LogP contribution < -0.4 is 0 Å². The second-order valence-electron chi connectivity index (χ2n) is 8.74. The molecule has 0 aliphatic carbocycles. The Bertz CT molecular complexity index is 1030. The Hall–Kier alpha value is -2.18. The molecular formula is C24H24ClF3O3. The zero-order valence-electron chi connectivity index (χ0n) is 18.0. The van der Waals surface area contributed by atoms with Crippen molar-refractivity contribution in [2.45, 2.75) is 64.3 Å². The molecule has 0 aromatic heterocycles. The number of alkyl halides is 3. The number of hydrogen-bond acceptors (Lipinski definition) is 3. The first-order valence-electron chi connectivity index (χ1n) is 9.98. The molecule has 0 unspecified atom stereocenters. The van der Waals surface area contributed by atoms with E-state index >= 15 is 0 Å². The minimum atomic E-state index is -4.61. The molecular weight excluding hydrogens is 429 g/mol. The third-order valence-electron chi connectivity index (χ3n) is 5.66. The number of ether oxygens (including phenoxy) is 1. The van der Waals surface area contributed by atoms with Gasteiger partial charge in [0.05, 0.1) is 5.56 Å². The second kappa shape index (κ2) is 7.75. The van der Waals surface area contributed by atoms with E-state index in [1.165, 1.54) is 18.2 Å². The smallest absolute Gasteiger partial charge is 0.354 e. The fourth-order valence-electron chi connectivity index (χ4n) is 4.19. The Morgan fingerprint density at radius 1 is 0.968 bits per heavy atom. The van der Waals surface area contributed by atoms with Gasteiger partial charge in [0.25, 0.3) is 0 Å². The van der Waals surface area contributed by atoms with Crippen LogP contribution in [-0.2, 0) is 26.9 Å². The Morgan fingerprint density at radius 2 is 1.55 bits per heavy atom. The Kier molecular flexibility index (Phi) is 5.87. The highest BCUT2D eigenvalue weighted by Gasteiger charge is 2.53. The van der Waals surface area contributed by atoms with Crippen molar-refractivity contribution in [2.75, 3.05) is 0 Å². The van der Waals surface area contributed by atoms with Gasteiger partial charge in [-0.05, 0) is 74.6 Å². The van der Waals surface area contributed by atoms with Crippen molar-refractivity contribution in [2.24, 2.45) is 0 Å². The fraction of sp³-hybridized carbons (Fsp3) is 0.417. The maximum absolute atomic E-state index is 13.7. The van der Waals surface area contributed by atoms with Crippen molar-refractivity contribution in [3.05, 3.63) is 58.1 Å². The Labute approximate surface area is 184 Å². The zero-order valence-corrected chi connectivity index (χ0v) is 18.7. The molecule has 0 bridgehead atoms. The minimum absolute atomic E-state index is 0.0280. The number of aryl methyl sites for hydroxylation is 1. The SMILES string of the molecule is CCc1ccc(-c2ccc(Cl)cc2C(F)(F)F)cc1C1C(=O)C(C)(C)OC(C)(C)C1=O. The van der Waals surface area contributed by atoms with Crippen molar-refractivity contribution >= 4 is 23.2 Å². The summed E-state index contributed by atoms with van der Waals surface area (Å²) < 4.78 is 46.7. The zero-order chi connectivity index (χ0) is 23.4. The first-order chi connectivity index (χ1) is 14.2. The number of halogens is 4. The van der Waals surface area contributed by atoms with E-state index in [0.29, 0.717) is 12.0 Å². The highest BCUT2D eigenvalue weighted by molar-refractivity contribution is 6.30. The number of ketones is 2. The number of rotatable bonds is 3. The molecule has 0 saturated carbocycles. The van der Waals surface area contributed by atoms with Gasteiger partial charge in [0.15, 0.2) is 11.6 Å². The van der Waals surface area contributed by atoms with E-state index in [1.54, 1.807) is 39.8 Å². The quantitative estimate of drug-likeness (QED) is 0.506. The van der Waals surface area contributed by atoms with Gasteiger partial charge in [-0.25, -0.2) is 0 Å². The summed E-state index contributed by atoms with van der Waals surface area (Å²) in [5.74, 6) is -1.93. The maximum atomic E-state index is 13.7. The molecule has 1 saturated heterocycles. The molecule has 0 amide bonds. The van der Waals surface area contributed by atoms with Crippen molar-refractivity contribution in [3.8, 4) is 11.1 Å². The summed E-state index contributed by atoms with van der Waals surface area (Å²) >= 11 is 5.81. The third kappa shape index (κ3) is 4.28. The number of carbonyl (C=O) groups is 2. The molecule has 1 aliphatic heterocycles. The molecule has 3 rings (SSSR count). The average molecular weight is 453 g/mol. The van der Waals surface area contributed by atoms with Crippen molar-refractivity contribution in [1.29, 1.82) is 0 Å². The van der Waals surface area contributed by atoms with Crippen LogP contribution >= 0.6 is 11.6 Å². The van der Waals surface area contributed by atoms with E-state index in [2.05, 4.69) is 0 Å². The molecule has 166 valence electrons. The van der Waals surface area contributed by atoms with Crippen LogP contribution in [0.4, 0.5) is 13.2 Å². The first-order valence-corrected chi connectivity index (χ1v) is 10.4. The molecule has 0 spiro atoms. The average Bonchev–Trinajstić information content (AvgIpc) is 2.65. The molecule has 1 heterocycles. The fourth-order valence-corrected chi connectivity index (χ4v) is 4.36. The third-order valence-corrected chi connectivity index (χ3v) is 5.89. The monoisotopic (exact) mass is 452 g/mol. The number of benzene rings is 2. The second-order valence-corrected chi connectivity index (χ2v) is 9.18. The molecule has 3 nitrogen and oxygen atoms in total. The summed E-state index contributed by atoms with van der Waals surface area (Å²) in [5, 5.41) is -0.0280. The molecule has 1 aliphatic rings. The topological polar surface area (TPSA) is 43.4 Å².